The van der Waals surface area contributed by atoms with Gasteiger partial charge in [-0.2, -0.15) is 5.10 Å². The number of aromatic nitrogens is 2. The van der Waals surface area contributed by atoms with E-state index in [1.807, 2.05) is 0 Å². The lowest BCUT2D eigenvalue weighted by Crippen LogP contribution is -2.51. The maximum absolute atomic E-state index is 5.76. The Hall–Kier alpha value is -2.14. The van der Waals surface area contributed by atoms with Crippen molar-refractivity contribution in [3.63, 3.8) is 0 Å². The van der Waals surface area contributed by atoms with Crippen molar-refractivity contribution >= 4 is 5.82 Å². The first-order valence-corrected chi connectivity index (χ1v) is 10.0. The summed E-state index contributed by atoms with van der Waals surface area (Å²) in [6.07, 6.45) is 1.09. The van der Waals surface area contributed by atoms with Crippen LogP contribution in [0, 0.1) is 5.92 Å². The molecule has 0 spiro atoms. The van der Waals surface area contributed by atoms with Crippen LogP contribution < -0.4 is 15.0 Å². The molecule has 27 heavy (non-hydrogen) atoms. The summed E-state index contributed by atoms with van der Waals surface area (Å²) in [5, 5.41) is 12.5. The molecule has 5 heteroatoms. The van der Waals surface area contributed by atoms with Crippen LogP contribution in [0.4, 0.5) is 5.82 Å². The Labute approximate surface area is 162 Å². The van der Waals surface area contributed by atoms with Crippen molar-refractivity contribution in [1.82, 2.24) is 15.5 Å². The molecule has 0 bridgehead atoms. The molecule has 4 rings (SSSR count). The van der Waals surface area contributed by atoms with E-state index in [1.165, 1.54) is 5.56 Å². The SMILES string of the molecule is CC(C)(C)c1ccc(N2CC(CNCC3CCOc4ccccc43)C2)nn1. The normalized spacial score (nSPS) is 20.0. The molecule has 1 unspecified atom stereocenters. The second-order valence-corrected chi connectivity index (χ2v) is 8.83. The van der Waals surface area contributed by atoms with Crippen molar-refractivity contribution < 1.29 is 4.74 Å². The maximum Gasteiger partial charge on any atom is 0.151 e. The lowest BCUT2D eigenvalue weighted by molar-refractivity contribution is 0.262. The number of nitrogens with zero attached hydrogens (tertiary/aromatic N) is 3. The molecule has 2 aromatic rings. The molecule has 1 N–H and O–H groups in total. The van der Waals surface area contributed by atoms with E-state index in [2.05, 4.69) is 77.6 Å². The van der Waals surface area contributed by atoms with E-state index in [1.54, 1.807) is 0 Å². The van der Waals surface area contributed by atoms with Crippen LogP contribution in [0.1, 0.15) is 44.4 Å². The fourth-order valence-corrected chi connectivity index (χ4v) is 3.87. The number of ether oxygens (including phenoxy) is 1. The maximum atomic E-state index is 5.76. The van der Waals surface area contributed by atoms with Crippen molar-refractivity contribution in [1.29, 1.82) is 0 Å². The Balaban J connectivity index is 1.23. The van der Waals surface area contributed by atoms with Gasteiger partial charge >= 0.3 is 0 Å². The molecule has 0 radical (unpaired) electrons. The minimum atomic E-state index is 0.0513. The van der Waals surface area contributed by atoms with Gasteiger partial charge in [0.05, 0.1) is 12.3 Å². The quantitative estimate of drug-likeness (QED) is 0.879. The van der Waals surface area contributed by atoms with E-state index in [4.69, 9.17) is 4.74 Å². The third-order valence-corrected chi connectivity index (χ3v) is 5.61. The molecule has 1 aromatic carbocycles. The van der Waals surface area contributed by atoms with Crippen LogP contribution in [0.5, 0.6) is 5.75 Å². The van der Waals surface area contributed by atoms with Crippen molar-refractivity contribution in [2.24, 2.45) is 5.92 Å². The fourth-order valence-electron chi connectivity index (χ4n) is 3.87. The molecule has 1 aromatic heterocycles. The number of fused-ring (bicyclic) bond motifs is 1. The molecule has 1 atom stereocenters. The summed E-state index contributed by atoms with van der Waals surface area (Å²) in [6, 6.07) is 12.7. The van der Waals surface area contributed by atoms with E-state index in [-0.39, 0.29) is 5.41 Å². The monoisotopic (exact) mass is 366 g/mol. The van der Waals surface area contributed by atoms with Crippen LogP contribution in [0.2, 0.25) is 0 Å². The topological polar surface area (TPSA) is 50.3 Å². The van der Waals surface area contributed by atoms with Gasteiger partial charge in [0, 0.05) is 43.4 Å². The van der Waals surface area contributed by atoms with Crippen molar-refractivity contribution in [2.75, 3.05) is 37.7 Å². The molecule has 2 aliphatic heterocycles. The third-order valence-electron chi connectivity index (χ3n) is 5.61. The Kier molecular flexibility index (Phi) is 5.04. The number of hydrogen-bond donors (Lipinski definition) is 1. The van der Waals surface area contributed by atoms with Gasteiger partial charge < -0.3 is 15.0 Å². The number of anilines is 1. The van der Waals surface area contributed by atoms with E-state index >= 15 is 0 Å². The Bertz CT molecular complexity index is 763. The van der Waals surface area contributed by atoms with Crippen molar-refractivity contribution in [3.05, 3.63) is 47.7 Å². The number of nitrogens with one attached hydrogen (secondary N) is 1. The highest BCUT2D eigenvalue weighted by Crippen LogP contribution is 2.33. The van der Waals surface area contributed by atoms with Crippen LogP contribution in [0.25, 0.3) is 0 Å². The van der Waals surface area contributed by atoms with Crippen molar-refractivity contribution in [2.45, 2.75) is 38.5 Å². The van der Waals surface area contributed by atoms with E-state index in [0.717, 1.165) is 56.5 Å². The van der Waals surface area contributed by atoms with Crippen LogP contribution in [-0.4, -0.2) is 43.0 Å². The number of rotatable bonds is 5. The Morgan fingerprint density at radius 1 is 1.07 bits per heavy atom. The van der Waals surface area contributed by atoms with Gasteiger partial charge in [-0.25, -0.2) is 0 Å². The van der Waals surface area contributed by atoms with Crippen molar-refractivity contribution in [3.8, 4) is 5.75 Å². The summed E-state index contributed by atoms with van der Waals surface area (Å²) in [5.74, 6) is 3.30. The molecule has 0 amide bonds. The predicted molar refractivity (Wildman–Crippen MR) is 109 cm³/mol. The lowest BCUT2D eigenvalue weighted by Gasteiger charge is -2.40. The highest BCUT2D eigenvalue weighted by molar-refractivity contribution is 5.41. The number of para-hydroxylation sites is 1. The number of hydrogen-bond acceptors (Lipinski definition) is 5. The average molecular weight is 367 g/mol. The molecule has 144 valence electrons. The minimum absolute atomic E-state index is 0.0513. The van der Waals surface area contributed by atoms with Crippen LogP contribution in [0.3, 0.4) is 0 Å². The van der Waals surface area contributed by atoms with E-state index in [0.29, 0.717) is 11.8 Å². The molecular weight excluding hydrogens is 336 g/mol. The summed E-state index contributed by atoms with van der Waals surface area (Å²) < 4.78 is 5.76. The highest BCUT2D eigenvalue weighted by Gasteiger charge is 2.29. The Morgan fingerprint density at radius 2 is 1.89 bits per heavy atom. The third kappa shape index (κ3) is 4.08. The fraction of sp³-hybridized carbons (Fsp3) is 0.545. The highest BCUT2D eigenvalue weighted by atomic mass is 16.5. The summed E-state index contributed by atoms with van der Waals surface area (Å²) in [6.45, 7) is 11.5. The molecule has 5 nitrogen and oxygen atoms in total. The van der Waals surface area contributed by atoms with Gasteiger partial charge in [0.1, 0.15) is 5.75 Å². The van der Waals surface area contributed by atoms with Gasteiger partial charge in [-0.15, -0.1) is 5.10 Å². The second-order valence-electron chi connectivity index (χ2n) is 8.83. The van der Waals surface area contributed by atoms with Crippen LogP contribution in [-0.2, 0) is 5.41 Å². The second kappa shape index (κ2) is 7.47. The lowest BCUT2D eigenvalue weighted by atomic mass is 9.92. The first-order valence-electron chi connectivity index (χ1n) is 10.0. The Morgan fingerprint density at radius 3 is 2.63 bits per heavy atom. The first kappa shape index (κ1) is 18.2. The zero-order valence-electron chi connectivity index (χ0n) is 16.6. The van der Waals surface area contributed by atoms with Gasteiger partial charge in [-0.05, 0) is 30.2 Å². The summed E-state index contributed by atoms with van der Waals surface area (Å²) in [4.78, 5) is 2.32. The minimum Gasteiger partial charge on any atom is -0.493 e. The first-order chi connectivity index (χ1) is 13.0. The van der Waals surface area contributed by atoms with Gasteiger partial charge in [0.25, 0.3) is 0 Å². The molecule has 1 fully saturated rings. The summed E-state index contributed by atoms with van der Waals surface area (Å²) in [5.41, 5.74) is 2.44. The average Bonchev–Trinajstić information content (AvgIpc) is 2.63. The zero-order valence-corrected chi connectivity index (χ0v) is 16.6. The largest absolute Gasteiger partial charge is 0.493 e. The smallest absolute Gasteiger partial charge is 0.151 e. The van der Waals surface area contributed by atoms with Gasteiger partial charge in [0.2, 0.25) is 0 Å². The van der Waals surface area contributed by atoms with E-state index in [9.17, 15) is 0 Å². The molecule has 0 aliphatic carbocycles. The zero-order chi connectivity index (χ0) is 18.9. The molecule has 3 heterocycles. The molecule has 0 saturated carbocycles. The van der Waals surface area contributed by atoms with Gasteiger partial charge in [-0.1, -0.05) is 39.0 Å². The molecule has 2 aliphatic rings. The summed E-state index contributed by atoms with van der Waals surface area (Å²) >= 11 is 0. The standard InChI is InChI=1S/C22H30N4O/c1-22(2,3)20-8-9-21(25-24-20)26-14-16(15-26)12-23-13-17-10-11-27-19-7-5-4-6-18(17)19/h4-9,16-17,23H,10-15H2,1-3H3. The van der Waals surface area contributed by atoms with Crippen LogP contribution >= 0.6 is 0 Å². The number of benzene rings is 1. The van der Waals surface area contributed by atoms with Crippen LogP contribution in [0.15, 0.2) is 36.4 Å². The summed E-state index contributed by atoms with van der Waals surface area (Å²) in [7, 11) is 0. The van der Waals surface area contributed by atoms with Gasteiger partial charge in [-0.3, -0.25) is 0 Å². The molecule has 1 saturated heterocycles. The molecular formula is C22H30N4O. The predicted octanol–water partition coefficient (Wildman–Crippen LogP) is 3.37. The van der Waals surface area contributed by atoms with Gasteiger partial charge in [0.15, 0.2) is 5.82 Å². The van der Waals surface area contributed by atoms with E-state index < -0.39 is 0 Å².